The van der Waals surface area contributed by atoms with Crippen molar-refractivity contribution < 1.29 is 19.1 Å². The molecule has 1 aromatic heterocycles. The number of aromatic nitrogens is 2. The van der Waals surface area contributed by atoms with Gasteiger partial charge < -0.3 is 19.7 Å². The van der Waals surface area contributed by atoms with E-state index in [4.69, 9.17) is 21.1 Å². The fraction of sp³-hybridized carbons (Fsp3) is 0.455. The summed E-state index contributed by atoms with van der Waals surface area (Å²) in [7, 11) is 1.60. The first-order valence-corrected chi connectivity index (χ1v) is 10.8. The normalized spacial score (nSPS) is 23.5. The lowest BCUT2D eigenvalue weighted by atomic mass is 9.92. The molecular formula is C22H25ClN4O4. The van der Waals surface area contributed by atoms with Crippen LogP contribution in [-0.4, -0.2) is 47.6 Å². The van der Waals surface area contributed by atoms with Gasteiger partial charge in [0.15, 0.2) is 0 Å². The molecule has 2 fully saturated rings. The molecule has 1 aromatic carbocycles. The predicted molar refractivity (Wildman–Crippen MR) is 115 cm³/mol. The summed E-state index contributed by atoms with van der Waals surface area (Å²) in [4.78, 5) is 35.0. The number of hydrogen-bond donors (Lipinski definition) is 1. The van der Waals surface area contributed by atoms with E-state index in [1.54, 1.807) is 12.0 Å². The summed E-state index contributed by atoms with van der Waals surface area (Å²) in [5, 5.41) is 3.59. The number of nitrogens with zero attached hydrogens (tertiary/aromatic N) is 3. The fourth-order valence-corrected chi connectivity index (χ4v) is 4.15. The first kappa shape index (κ1) is 21.4. The van der Waals surface area contributed by atoms with Gasteiger partial charge in [0.2, 0.25) is 11.8 Å². The summed E-state index contributed by atoms with van der Waals surface area (Å²) >= 11 is 5.79. The van der Waals surface area contributed by atoms with Gasteiger partial charge in [0.25, 0.3) is 0 Å². The molecule has 2 heterocycles. The molecule has 1 aliphatic carbocycles. The van der Waals surface area contributed by atoms with E-state index < -0.39 is 0 Å². The maximum Gasteiger partial charge on any atom is 0.316 e. The molecule has 2 aliphatic rings. The minimum Gasteiger partial charge on any atom is -0.497 e. The highest BCUT2D eigenvalue weighted by molar-refractivity contribution is 6.30. The molecule has 0 radical (unpaired) electrons. The number of anilines is 1. The average molecular weight is 445 g/mol. The van der Waals surface area contributed by atoms with Crippen LogP contribution in [-0.2, 0) is 9.59 Å². The fourth-order valence-electron chi connectivity index (χ4n) is 4.05. The van der Waals surface area contributed by atoms with Crippen LogP contribution in [0.15, 0.2) is 36.7 Å². The van der Waals surface area contributed by atoms with Crippen LogP contribution >= 0.6 is 11.6 Å². The second kappa shape index (κ2) is 9.51. The van der Waals surface area contributed by atoms with Crippen molar-refractivity contribution in [1.82, 2.24) is 15.3 Å². The van der Waals surface area contributed by atoms with E-state index in [0.29, 0.717) is 17.6 Å². The molecule has 1 aliphatic heterocycles. The zero-order valence-corrected chi connectivity index (χ0v) is 18.0. The number of nitrogens with one attached hydrogen (secondary N) is 1. The van der Waals surface area contributed by atoms with E-state index in [9.17, 15) is 9.59 Å². The molecule has 2 aromatic rings. The molecule has 4 rings (SSSR count). The lowest BCUT2D eigenvalue weighted by molar-refractivity contribution is -0.127. The highest BCUT2D eigenvalue weighted by Crippen LogP contribution is 2.28. The second-order valence-electron chi connectivity index (χ2n) is 7.89. The molecule has 164 valence electrons. The summed E-state index contributed by atoms with van der Waals surface area (Å²) in [6.07, 6.45) is 6.50. The predicted octanol–water partition coefficient (Wildman–Crippen LogP) is 3.00. The smallest absolute Gasteiger partial charge is 0.316 e. The second-order valence-corrected chi connectivity index (χ2v) is 8.32. The summed E-state index contributed by atoms with van der Waals surface area (Å²) in [6, 6.07) is 7.70. The van der Waals surface area contributed by atoms with Gasteiger partial charge in [-0.2, -0.15) is 0 Å². The minimum absolute atomic E-state index is 0.0212. The summed E-state index contributed by atoms with van der Waals surface area (Å²) in [6.45, 7) is 0.392. The van der Waals surface area contributed by atoms with Gasteiger partial charge in [-0.1, -0.05) is 11.6 Å². The Labute approximate surface area is 185 Å². The molecule has 0 spiro atoms. The summed E-state index contributed by atoms with van der Waals surface area (Å²) in [5.41, 5.74) is 0.781. The number of hydrogen-bond acceptors (Lipinski definition) is 6. The average Bonchev–Trinajstić information content (AvgIpc) is 3.18. The molecule has 1 unspecified atom stereocenters. The third kappa shape index (κ3) is 5.25. The summed E-state index contributed by atoms with van der Waals surface area (Å²) < 4.78 is 11.0. The Balaban J connectivity index is 1.25. The van der Waals surface area contributed by atoms with Crippen LogP contribution in [0.25, 0.3) is 0 Å². The number of benzene rings is 1. The van der Waals surface area contributed by atoms with Crippen molar-refractivity contribution in [1.29, 1.82) is 0 Å². The third-order valence-corrected chi connectivity index (χ3v) is 5.96. The number of carbonyl (C=O) groups is 2. The quantitative estimate of drug-likeness (QED) is 0.736. The van der Waals surface area contributed by atoms with E-state index in [1.807, 2.05) is 24.3 Å². The number of rotatable bonds is 6. The van der Waals surface area contributed by atoms with Crippen molar-refractivity contribution in [3.63, 3.8) is 0 Å². The number of amides is 2. The van der Waals surface area contributed by atoms with E-state index in [2.05, 4.69) is 15.3 Å². The molecule has 1 N–H and O–H groups in total. The molecule has 1 atom stereocenters. The van der Waals surface area contributed by atoms with Gasteiger partial charge in [-0.05, 0) is 49.9 Å². The van der Waals surface area contributed by atoms with Crippen LogP contribution < -0.4 is 19.7 Å². The van der Waals surface area contributed by atoms with Crippen LogP contribution in [0.1, 0.15) is 32.1 Å². The topological polar surface area (TPSA) is 93.7 Å². The van der Waals surface area contributed by atoms with Gasteiger partial charge in [0, 0.05) is 24.7 Å². The standard InChI is InChI=1S/C22H25ClN4O4/c1-30-18-8-4-17(5-9-18)27-13-14(10-20(27)28)21(29)26-16-2-6-19(7-3-16)31-22-24-11-15(23)12-25-22/h4-5,8-9,11-12,14,16,19H,2-3,6-7,10,13H2,1H3,(H,26,29). The van der Waals surface area contributed by atoms with Gasteiger partial charge in [-0.3, -0.25) is 9.59 Å². The highest BCUT2D eigenvalue weighted by Gasteiger charge is 2.36. The Morgan fingerprint density at radius 2 is 1.81 bits per heavy atom. The van der Waals surface area contributed by atoms with Crippen LogP contribution in [0.5, 0.6) is 11.8 Å². The van der Waals surface area contributed by atoms with Gasteiger partial charge in [0.05, 0.1) is 30.4 Å². The van der Waals surface area contributed by atoms with Gasteiger partial charge in [-0.15, -0.1) is 0 Å². The van der Waals surface area contributed by atoms with Crippen LogP contribution in [0.2, 0.25) is 5.02 Å². The highest BCUT2D eigenvalue weighted by atomic mass is 35.5. The van der Waals surface area contributed by atoms with E-state index in [1.165, 1.54) is 12.4 Å². The Hall–Kier alpha value is -2.87. The lowest BCUT2D eigenvalue weighted by Gasteiger charge is -2.29. The Kier molecular flexibility index (Phi) is 6.56. The molecule has 2 amide bonds. The third-order valence-electron chi connectivity index (χ3n) is 5.77. The molecule has 31 heavy (non-hydrogen) atoms. The van der Waals surface area contributed by atoms with Crippen molar-refractivity contribution >= 4 is 29.1 Å². The Bertz CT molecular complexity index is 914. The zero-order chi connectivity index (χ0) is 21.8. The maximum absolute atomic E-state index is 12.8. The number of ether oxygens (including phenoxy) is 2. The maximum atomic E-state index is 12.8. The van der Waals surface area contributed by atoms with E-state index in [0.717, 1.165) is 37.1 Å². The van der Waals surface area contributed by atoms with Crippen molar-refractivity contribution in [3.8, 4) is 11.8 Å². The van der Waals surface area contributed by atoms with Crippen molar-refractivity contribution in [3.05, 3.63) is 41.7 Å². The monoisotopic (exact) mass is 444 g/mol. The van der Waals surface area contributed by atoms with Gasteiger partial charge >= 0.3 is 6.01 Å². The Morgan fingerprint density at radius 3 is 2.45 bits per heavy atom. The van der Waals surface area contributed by atoms with E-state index in [-0.39, 0.29) is 36.3 Å². The first-order chi connectivity index (χ1) is 15.0. The molecule has 9 heteroatoms. The Morgan fingerprint density at radius 1 is 1.13 bits per heavy atom. The number of methoxy groups -OCH3 is 1. The van der Waals surface area contributed by atoms with Crippen molar-refractivity contribution in [2.45, 2.75) is 44.2 Å². The summed E-state index contributed by atoms with van der Waals surface area (Å²) in [5.74, 6) is 0.290. The lowest BCUT2D eigenvalue weighted by Crippen LogP contribution is -2.43. The van der Waals surface area contributed by atoms with Crippen molar-refractivity contribution in [2.24, 2.45) is 5.92 Å². The minimum atomic E-state index is -0.342. The molecular weight excluding hydrogens is 420 g/mol. The first-order valence-electron chi connectivity index (χ1n) is 10.4. The van der Waals surface area contributed by atoms with Crippen molar-refractivity contribution in [2.75, 3.05) is 18.6 Å². The van der Waals surface area contributed by atoms with Crippen LogP contribution in [0.3, 0.4) is 0 Å². The molecule has 1 saturated heterocycles. The molecule has 1 saturated carbocycles. The molecule has 8 nitrogen and oxygen atoms in total. The number of halogens is 1. The SMILES string of the molecule is COc1ccc(N2CC(C(=O)NC3CCC(Oc4ncc(Cl)cn4)CC3)CC2=O)cc1. The van der Waals surface area contributed by atoms with Crippen LogP contribution in [0.4, 0.5) is 5.69 Å². The van der Waals surface area contributed by atoms with Gasteiger partial charge in [0.1, 0.15) is 11.9 Å². The van der Waals surface area contributed by atoms with Gasteiger partial charge in [-0.25, -0.2) is 9.97 Å². The van der Waals surface area contributed by atoms with E-state index >= 15 is 0 Å². The number of carbonyl (C=O) groups excluding carboxylic acids is 2. The largest absolute Gasteiger partial charge is 0.497 e. The molecule has 0 bridgehead atoms. The van der Waals surface area contributed by atoms with Crippen LogP contribution in [0, 0.1) is 5.92 Å². The zero-order valence-electron chi connectivity index (χ0n) is 17.3.